The molecule has 0 saturated carbocycles. The van der Waals surface area contributed by atoms with Gasteiger partial charge in [0.1, 0.15) is 24.2 Å². The van der Waals surface area contributed by atoms with Gasteiger partial charge in [-0.2, -0.15) is 13.2 Å². The van der Waals surface area contributed by atoms with E-state index in [1.165, 1.54) is 26.4 Å². The molecule has 0 aliphatic carbocycles. The third kappa shape index (κ3) is 15.8. The highest BCUT2D eigenvalue weighted by molar-refractivity contribution is 5.96. The van der Waals surface area contributed by atoms with E-state index in [2.05, 4.69) is 31.2 Å². The molecular formula is C40H49F3N8O8. The van der Waals surface area contributed by atoms with E-state index in [9.17, 15) is 42.3 Å². The van der Waals surface area contributed by atoms with Crippen molar-refractivity contribution in [3.8, 4) is 0 Å². The standard InChI is InChI=1S/C38H48N8O6.C2HF3O2/c1-38(2,40)37(52)46-32(21-28-22-41-23-42-28)35(49)45-31(20-25-15-16-26-12-6-7-13-27(26)18-25)34(48)44-30(19-24-10-4-3-5-11-24)33(47)43-29(36(50)51)14-8-9-17-39;3-2(4,5)1(6)7/h3-7,10-13,15-16,18,22-23,29-32H,8-9,14,17,19-21,39-40H2,1-2H3,(H,41,42)(H,43,47)(H,44,48)(H,45,49)(H,46,52)(H,50,51);(H,6,7)/t29-,30+,31+,32-;/m0./s1. The summed E-state index contributed by atoms with van der Waals surface area (Å²) in [6, 6.07) is 17.6. The number of benzene rings is 3. The highest BCUT2D eigenvalue weighted by Gasteiger charge is 2.38. The fourth-order valence-electron chi connectivity index (χ4n) is 5.61. The predicted octanol–water partition coefficient (Wildman–Crippen LogP) is 2.11. The number of H-pyrrole nitrogens is 1. The largest absolute Gasteiger partial charge is 0.490 e. The molecule has 0 aliphatic rings. The topological polar surface area (TPSA) is 272 Å². The minimum Gasteiger partial charge on any atom is -0.480 e. The van der Waals surface area contributed by atoms with E-state index in [1.54, 1.807) is 24.3 Å². The number of carboxylic acid groups (broad SMARTS) is 2. The number of nitrogens with one attached hydrogen (secondary N) is 5. The number of unbranched alkanes of at least 4 members (excludes halogenated alkanes) is 1. The maximum absolute atomic E-state index is 14.2. The van der Waals surface area contributed by atoms with Crippen molar-refractivity contribution in [2.24, 2.45) is 11.5 Å². The number of halogens is 3. The van der Waals surface area contributed by atoms with Crippen molar-refractivity contribution >= 4 is 46.3 Å². The summed E-state index contributed by atoms with van der Waals surface area (Å²) in [6.45, 7) is 3.40. The highest BCUT2D eigenvalue weighted by atomic mass is 19.4. The van der Waals surface area contributed by atoms with E-state index in [0.29, 0.717) is 25.1 Å². The Morgan fingerprint density at radius 3 is 1.75 bits per heavy atom. The fourth-order valence-corrected chi connectivity index (χ4v) is 5.61. The van der Waals surface area contributed by atoms with E-state index >= 15 is 0 Å². The van der Waals surface area contributed by atoms with Crippen LogP contribution in [0, 0.1) is 0 Å². The number of imidazole rings is 1. The molecule has 16 nitrogen and oxygen atoms in total. The Kier molecular flexibility index (Phi) is 17.5. The Bertz CT molecular complexity index is 2020. The van der Waals surface area contributed by atoms with Crippen LogP contribution >= 0.6 is 0 Å². The first-order chi connectivity index (χ1) is 27.8. The first-order valence-electron chi connectivity index (χ1n) is 18.5. The van der Waals surface area contributed by atoms with E-state index in [1.807, 2.05) is 48.5 Å². The number of aromatic amines is 1. The number of fused-ring (bicyclic) bond motifs is 1. The zero-order chi connectivity index (χ0) is 43.8. The molecule has 19 heteroatoms. The van der Waals surface area contributed by atoms with Gasteiger partial charge in [-0.15, -0.1) is 0 Å². The minimum absolute atomic E-state index is 0.0255. The lowest BCUT2D eigenvalue weighted by atomic mass is 9.99. The SMILES string of the molecule is CC(C)(N)C(=O)N[C@@H](Cc1cnc[nH]1)C(=O)N[C@H](Cc1ccc2ccccc2c1)C(=O)N[C@H](Cc1ccccc1)C(=O)N[C@@H](CCCCN)C(=O)O.O=C(O)C(F)(F)F. The zero-order valence-corrected chi connectivity index (χ0v) is 32.4. The van der Waals surface area contributed by atoms with Crippen LogP contribution < -0.4 is 32.7 Å². The van der Waals surface area contributed by atoms with E-state index < -0.39 is 71.4 Å². The van der Waals surface area contributed by atoms with Crippen molar-refractivity contribution in [3.05, 3.63) is 102 Å². The van der Waals surface area contributed by atoms with Gasteiger partial charge in [-0.05, 0) is 61.6 Å². The maximum Gasteiger partial charge on any atom is 0.490 e. The zero-order valence-electron chi connectivity index (χ0n) is 32.4. The molecule has 0 unspecified atom stereocenters. The number of carbonyl (C=O) groups excluding carboxylic acids is 4. The molecule has 4 amide bonds. The summed E-state index contributed by atoms with van der Waals surface area (Å²) in [5.41, 5.74) is 12.3. The molecule has 0 saturated heterocycles. The lowest BCUT2D eigenvalue weighted by Gasteiger charge is -2.27. The lowest BCUT2D eigenvalue weighted by Crippen LogP contribution is -2.60. The second kappa shape index (κ2) is 22.0. The van der Waals surface area contributed by atoms with E-state index in [-0.39, 0.29) is 25.7 Å². The first-order valence-corrected chi connectivity index (χ1v) is 18.5. The van der Waals surface area contributed by atoms with Crippen LogP contribution in [0.5, 0.6) is 0 Å². The normalized spacial score (nSPS) is 13.4. The van der Waals surface area contributed by atoms with Gasteiger partial charge in [-0.25, -0.2) is 14.6 Å². The Balaban J connectivity index is 0.00000122. The van der Waals surface area contributed by atoms with Crippen molar-refractivity contribution in [1.82, 2.24) is 31.2 Å². The lowest BCUT2D eigenvalue weighted by molar-refractivity contribution is -0.192. The molecular weight excluding hydrogens is 777 g/mol. The molecule has 59 heavy (non-hydrogen) atoms. The summed E-state index contributed by atoms with van der Waals surface area (Å²) < 4.78 is 31.7. The third-order valence-corrected chi connectivity index (χ3v) is 8.79. The van der Waals surface area contributed by atoms with Crippen LogP contribution in [0.1, 0.15) is 49.9 Å². The monoisotopic (exact) mass is 826 g/mol. The molecule has 3 aromatic carbocycles. The van der Waals surface area contributed by atoms with Crippen molar-refractivity contribution in [3.63, 3.8) is 0 Å². The van der Waals surface area contributed by atoms with Crippen LogP contribution in [0.4, 0.5) is 13.2 Å². The summed E-state index contributed by atoms with van der Waals surface area (Å²) in [7, 11) is 0. The van der Waals surface area contributed by atoms with Gasteiger partial charge < -0.3 is 47.9 Å². The number of aromatic nitrogens is 2. The van der Waals surface area contributed by atoms with Crippen molar-refractivity contribution < 1.29 is 52.2 Å². The maximum atomic E-state index is 14.2. The molecule has 4 aromatic rings. The quantitative estimate of drug-likeness (QED) is 0.0618. The number of amides is 4. The summed E-state index contributed by atoms with van der Waals surface area (Å²) >= 11 is 0. The van der Waals surface area contributed by atoms with Crippen LogP contribution in [0.3, 0.4) is 0 Å². The molecule has 0 radical (unpaired) electrons. The van der Waals surface area contributed by atoms with Crippen LogP contribution in [0.25, 0.3) is 10.8 Å². The first kappa shape index (κ1) is 47.0. The van der Waals surface area contributed by atoms with Crippen LogP contribution in [0.15, 0.2) is 85.3 Å². The molecule has 0 bridgehead atoms. The Labute approximate surface area is 337 Å². The molecule has 4 rings (SSSR count). The molecule has 0 aliphatic heterocycles. The summed E-state index contributed by atoms with van der Waals surface area (Å²) in [6.07, 6.45) is -0.774. The number of carboxylic acids is 2. The van der Waals surface area contributed by atoms with Gasteiger partial charge >= 0.3 is 18.1 Å². The molecule has 11 N–H and O–H groups in total. The highest BCUT2D eigenvalue weighted by Crippen LogP contribution is 2.18. The number of hydrogen-bond acceptors (Lipinski definition) is 9. The number of rotatable bonds is 19. The number of nitrogens with zero attached hydrogens (tertiary/aromatic N) is 1. The predicted molar refractivity (Wildman–Crippen MR) is 210 cm³/mol. The van der Waals surface area contributed by atoms with Crippen LogP contribution in [-0.2, 0) is 48.0 Å². The number of nitrogens with two attached hydrogens (primary N) is 2. The Hall–Kier alpha value is -6.34. The average Bonchev–Trinajstić information content (AvgIpc) is 3.69. The second-order valence-electron chi connectivity index (χ2n) is 14.2. The summed E-state index contributed by atoms with van der Waals surface area (Å²) in [5.74, 6) is -6.58. The van der Waals surface area contributed by atoms with Gasteiger partial charge in [-0.3, -0.25) is 19.2 Å². The summed E-state index contributed by atoms with van der Waals surface area (Å²) in [4.78, 5) is 82.7. The van der Waals surface area contributed by atoms with Gasteiger partial charge in [0, 0.05) is 31.2 Å². The minimum atomic E-state index is -5.08. The van der Waals surface area contributed by atoms with Crippen LogP contribution in [0.2, 0.25) is 0 Å². The van der Waals surface area contributed by atoms with Gasteiger partial charge in [0.2, 0.25) is 23.6 Å². The molecule has 0 spiro atoms. The van der Waals surface area contributed by atoms with Gasteiger partial charge in [0.15, 0.2) is 0 Å². The second-order valence-corrected chi connectivity index (χ2v) is 14.2. The number of carbonyl (C=O) groups is 6. The molecule has 318 valence electrons. The van der Waals surface area contributed by atoms with Crippen LogP contribution in [-0.4, -0.2) is 98.2 Å². The van der Waals surface area contributed by atoms with E-state index in [0.717, 1.165) is 21.9 Å². The van der Waals surface area contributed by atoms with Gasteiger partial charge in [0.25, 0.3) is 0 Å². The van der Waals surface area contributed by atoms with Gasteiger partial charge in [0.05, 0.1) is 11.9 Å². The molecule has 4 atom stereocenters. The summed E-state index contributed by atoms with van der Waals surface area (Å²) in [5, 5.41) is 29.7. The Morgan fingerprint density at radius 1 is 0.712 bits per heavy atom. The smallest absolute Gasteiger partial charge is 0.480 e. The fraction of sp³-hybridized carbons (Fsp3) is 0.375. The number of alkyl halides is 3. The van der Waals surface area contributed by atoms with Crippen molar-refractivity contribution in [2.75, 3.05) is 6.54 Å². The number of aliphatic carboxylic acids is 2. The van der Waals surface area contributed by atoms with Crippen molar-refractivity contribution in [1.29, 1.82) is 0 Å². The number of hydrogen-bond donors (Lipinski definition) is 9. The molecule has 0 fully saturated rings. The molecule has 1 aromatic heterocycles. The van der Waals surface area contributed by atoms with E-state index in [4.69, 9.17) is 21.4 Å². The molecule has 1 heterocycles. The van der Waals surface area contributed by atoms with Crippen molar-refractivity contribution in [2.45, 2.75) is 88.3 Å². The average molecular weight is 827 g/mol. The Morgan fingerprint density at radius 2 is 1.24 bits per heavy atom. The third-order valence-electron chi connectivity index (χ3n) is 8.79. The van der Waals surface area contributed by atoms with Gasteiger partial charge in [-0.1, -0.05) is 72.8 Å².